The first-order valence-electron chi connectivity index (χ1n) is 12.8. The molecule has 3 N–H and O–H groups in total. The van der Waals surface area contributed by atoms with Crippen LogP contribution in [0.1, 0.15) is 57.9 Å². The molecular formula is C28H35N7O. The standard InChI is InChI=1S/C28H35N7O/c1-20(2)31-28-33-25(18-26(34-28)35-15-7-8-16-35)32-24(17-21-9-5-4-6-10-21)27(36)30-19-22-11-13-23(29-3)14-12-22/h7-8,11-16,18,20-21,24H,4-6,9-10,17,19H2,1-2H3,(H,30,36)(H2,31,32,33,34). The maximum absolute atomic E-state index is 13.4. The van der Waals surface area contributed by atoms with E-state index >= 15 is 0 Å². The van der Waals surface area contributed by atoms with Crippen LogP contribution < -0.4 is 16.0 Å². The molecule has 4 rings (SSSR count). The van der Waals surface area contributed by atoms with E-state index in [1.807, 2.05) is 61.1 Å². The van der Waals surface area contributed by atoms with E-state index in [1.165, 1.54) is 19.3 Å². The molecule has 0 aliphatic heterocycles. The zero-order chi connectivity index (χ0) is 25.3. The SMILES string of the molecule is [C-]#[N+]c1ccc(CNC(=O)C(CC2CCCCC2)Nc2cc(-n3cccc3)nc(NC(C)C)n2)cc1. The monoisotopic (exact) mass is 485 g/mol. The van der Waals surface area contributed by atoms with Crippen molar-refractivity contribution in [1.29, 1.82) is 0 Å². The molecule has 1 amide bonds. The van der Waals surface area contributed by atoms with E-state index in [0.717, 1.165) is 30.6 Å². The molecule has 1 fully saturated rings. The van der Waals surface area contributed by atoms with E-state index < -0.39 is 6.04 Å². The fourth-order valence-corrected chi connectivity index (χ4v) is 4.62. The van der Waals surface area contributed by atoms with E-state index in [0.29, 0.717) is 29.9 Å². The molecule has 2 aromatic heterocycles. The van der Waals surface area contributed by atoms with Gasteiger partial charge in [0, 0.05) is 31.0 Å². The Kier molecular flexibility index (Phi) is 8.56. The fourth-order valence-electron chi connectivity index (χ4n) is 4.62. The molecule has 1 aliphatic carbocycles. The summed E-state index contributed by atoms with van der Waals surface area (Å²) in [5, 5.41) is 9.82. The highest BCUT2D eigenvalue weighted by atomic mass is 16.2. The van der Waals surface area contributed by atoms with Crippen LogP contribution >= 0.6 is 0 Å². The summed E-state index contributed by atoms with van der Waals surface area (Å²) < 4.78 is 1.93. The summed E-state index contributed by atoms with van der Waals surface area (Å²) in [6.45, 7) is 11.6. The van der Waals surface area contributed by atoms with Crippen LogP contribution in [0.4, 0.5) is 17.5 Å². The molecule has 0 saturated heterocycles. The third kappa shape index (κ3) is 7.08. The van der Waals surface area contributed by atoms with Crippen molar-refractivity contribution < 1.29 is 4.79 Å². The normalized spacial score (nSPS) is 14.7. The minimum absolute atomic E-state index is 0.0469. The number of anilines is 2. The van der Waals surface area contributed by atoms with Gasteiger partial charge in [-0.3, -0.25) is 4.79 Å². The molecule has 0 bridgehead atoms. The summed E-state index contributed by atoms with van der Waals surface area (Å²) in [5.41, 5.74) is 1.56. The first kappa shape index (κ1) is 25.2. The molecule has 1 saturated carbocycles. The van der Waals surface area contributed by atoms with Crippen molar-refractivity contribution in [3.8, 4) is 5.82 Å². The number of carbonyl (C=O) groups excluding carboxylic acids is 1. The van der Waals surface area contributed by atoms with Crippen LogP contribution in [0, 0.1) is 12.5 Å². The highest BCUT2D eigenvalue weighted by Gasteiger charge is 2.25. The first-order valence-corrected chi connectivity index (χ1v) is 12.8. The third-order valence-corrected chi connectivity index (χ3v) is 6.46. The Balaban J connectivity index is 1.54. The summed E-state index contributed by atoms with van der Waals surface area (Å²) in [4.78, 5) is 26.2. The molecular weight excluding hydrogens is 450 g/mol. The lowest BCUT2D eigenvalue weighted by atomic mass is 9.84. The Hall–Kier alpha value is -3.86. The zero-order valence-corrected chi connectivity index (χ0v) is 21.1. The summed E-state index contributed by atoms with van der Waals surface area (Å²) in [7, 11) is 0. The van der Waals surface area contributed by atoms with Crippen molar-refractivity contribution in [2.45, 2.75) is 71.0 Å². The molecule has 3 aromatic rings. The number of hydrogen-bond donors (Lipinski definition) is 3. The molecule has 1 aromatic carbocycles. The Bertz CT molecular complexity index is 1160. The summed E-state index contributed by atoms with van der Waals surface area (Å²) >= 11 is 0. The second kappa shape index (κ2) is 12.2. The topological polar surface area (TPSA) is 88.2 Å². The molecule has 8 heteroatoms. The van der Waals surface area contributed by atoms with Gasteiger partial charge in [-0.25, -0.2) is 4.85 Å². The van der Waals surface area contributed by atoms with Crippen molar-refractivity contribution in [2.24, 2.45) is 5.92 Å². The second-order valence-electron chi connectivity index (χ2n) is 9.76. The lowest BCUT2D eigenvalue weighted by Gasteiger charge is -2.27. The second-order valence-corrected chi connectivity index (χ2v) is 9.76. The maximum atomic E-state index is 13.4. The van der Waals surface area contributed by atoms with E-state index in [-0.39, 0.29) is 11.9 Å². The fraction of sp³-hybridized carbons (Fsp3) is 0.429. The van der Waals surface area contributed by atoms with Gasteiger partial charge < -0.3 is 20.5 Å². The van der Waals surface area contributed by atoms with Crippen LogP contribution in [-0.2, 0) is 11.3 Å². The summed E-state index contributed by atoms with van der Waals surface area (Å²) in [6.07, 6.45) is 10.7. The van der Waals surface area contributed by atoms with Crippen LogP contribution in [0.3, 0.4) is 0 Å². The molecule has 0 radical (unpaired) electrons. The van der Waals surface area contributed by atoms with Crippen molar-refractivity contribution >= 4 is 23.4 Å². The number of benzene rings is 1. The first-order chi connectivity index (χ1) is 17.5. The molecule has 1 unspecified atom stereocenters. The smallest absolute Gasteiger partial charge is 0.242 e. The average Bonchev–Trinajstić information content (AvgIpc) is 3.43. The largest absolute Gasteiger partial charge is 0.358 e. The molecule has 2 heterocycles. The van der Waals surface area contributed by atoms with Gasteiger partial charge in [0.15, 0.2) is 5.69 Å². The van der Waals surface area contributed by atoms with Gasteiger partial charge in [0.1, 0.15) is 17.7 Å². The van der Waals surface area contributed by atoms with E-state index in [9.17, 15) is 4.79 Å². The number of rotatable bonds is 10. The Morgan fingerprint density at radius 1 is 1.08 bits per heavy atom. The van der Waals surface area contributed by atoms with Crippen LogP contribution in [0.15, 0.2) is 54.9 Å². The van der Waals surface area contributed by atoms with E-state index in [2.05, 4.69) is 30.8 Å². The van der Waals surface area contributed by atoms with Crippen LogP contribution in [0.2, 0.25) is 0 Å². The van der Waals surface area contributed by atoms with E-state index in [4.69, 9.17) is 6.57 Å². The Morgan fingerprint density at radius 3 is 2.47 bits per heavy atom. The van der Waals surface area contributed by atoms with Gasteiger partial charge in [-0.1, -0.05) is 56.4 Å². The van der Waals surface area contributed by atoms with Gasteiger partial charge in [0.05, 0.1) is 6.57 Å². The molecule has 0 spiro atoms. The minimum atomic E-state index is -0.407. The quantitative estimate of drug-likeness (QED) is 0.320. The highest BCUT2D eigenvalue weighted by molar-refractivity contribution is 5.84. The third-order valence-electron chi connectivity index (χ3n) is 6.46. The molecule has 36 heavy (non-hydrogen) atoms. The number of carbonyl (C=O) groups is 1. The molecule has 188 valence electrons. The maximum Gasteiger partial charge on any atom is 0.242 e. The van der Waals surface area contributed by atoms with Gasteiger partial charge in [0.25, 0.3) is 0 Å². The van der Waals surface area contributed by atoms with Crippen molar-refractivity contribution in [3.63, 3.8) is 0 Å². The number of hydrogen-bond acceptors (Lipinski definition) is 5. The number of amides is 1. The van der Waals surface area contributed by atoms with Crippen molar-refractivity contribution in [1.82, 2.24) is 19.9 Å². The summed E-state index contributed by atoms with van der Waals surface area (Å²) in [6, 6.07) is 12.9. The van der Waals surface area contributed by atoms with Gasteiger partial charge in [-0.2, -0.15) is 9.97 Å². The van der Waals surface area contributed by atoms with Crippen LogP contribution in [0.5, 0.6) is 0 Å². The molecule has 1 aliphatic rings. The number of nitrogens with one attached hydrogen (secondary N) is 3. The van der Waals surface area contributed by atoms with E-state index in [1.54, 1.807) is 12.1 Å². The Labute approximate surface area is 213 Å². The summed E-state index contributed by atoms with van der Waals surface area (Å²) in [5.74, 6) is 2.34. The van der Waals surface area contributed by atoms with Gasteiger partial charge in [-0.05, 0) is 43.9 Å². The number of nitrogens with zero attached hydrogens (tertiary/aromatic N) is 4. The Morgan fingerprint density at radius 2 is 1.81 bits per heavy atom. The predicted molar refractivity (Wildman–Crippen MR) is 143 cm³/mol. The zero-order valence-electron chi connectivity index (χ0n) is 21.1. The van der Waals surface area contributed by atoms with Gasteiger partial charge in [-0.15, -0.1) is 0 Å². The molecule has 1 atom stereocenters. The van der Waals surface area contributed by atoms with Gasteiger partial charge in [0.2, 0.25) is 11.9 Å². The minimum Gasteiger partial charge on any atom is -0.358 e. The molecule has 8 nitrogen and oxygen atoms in total. The highest BCUT2D eigenvalue weighted by Crippen LogP contribution is 2.28. The van der Waals surface area contributed by atoms with Crippen LogP contribution in [-0.4, -0.2) is 32.5 Å². The van der Waals surface area contributed by atoms with Gasteiger partial charge >= 0.3 is 0 Å². The van der Waals surface area contributed by atoms with Crippen LogP contribution in [0.25, 0.3) is 10.7 Å². The lowest BCUT2D eigenvalue weighted by Crippen LogP contribution is -2.41. The average molecular weight is 486 g/mol. The number of aromatic nitrogens is 3. The predicted octanol–water partition coefficient (Wildman–Crippen LogP) is 5.71. The van der Waals surface area contributed by atoms with Crippen molar-refractivity contribution in [2.75, 3.05) is 10.6 Å². The van der Waals surface area contributed by atoms with Crippen molar-refractivity contribution in [3.05, 3.63) is 71.8 Å². The lowest BCUT2D eigenvalue weighted by molar-refractivity contribution is -0.122.